The monoisotopic (exact) mass is 309 g/mol. The van der Waals surface area contributed by atoms with Crippen molar-refractivity contribution in [2.45, 2.75) is 38.9 Å². The minimum absolute atomic E-state index is 0.201. The lowest BCUT2D eigenvalue weighted by Crippen LogP contribution is -2.43. The molecule has 0 bridgehead atoms. The SMILES string of the molecule is CC(C)(C)[Si](C)(C)Oc1[c]cc(C=Cc2ccccc2)cc1. The fourth-order valence-corrected chi connectivity index (χ4v) is 2.76. The summed E-state index contributed by atoms with van der Waals surface area (Å²) in [6, 6.07) is 19.6. The zero-order valence-electron chi connectivity index (χ0n) is 14.2. The first kappa shape index (κ1) is 16.6. The molecule has 0 saturated carbocycles. The van der Waals surface area contributed by atoms with Crippen molar-refractivity contribution in [1.82, 2.24) is 0 Å². The van der Waals surface area contributed by atoms with E-state index in [1.165, 1.54) is 5.56 Å². The molecule has 2 aromatic carbocycles. The summed E-state index contributed by atoms with van der Waals surface area (Å²) in [5, 5.41) is 0.201. The molecular formula is C20H25OSi. The van der Waals surface area contributed by atoms with Gasteiger partial charge in [-0.3, -0.25) is 0 Å². The largest absolute Gasteiger partial charge is 0.543 e. The molecule has 0 amide bonds. The number of benzene rings is 2. The third-order valence-electron chi connectivity index (χ3n) is 4.25. The second kappa shape index (κ2) is 6.53. The van der Waals surface area contributed by atoms with Crippen molar-refractivity contribution in [1.29, 1.82) is 0 Å². The van der Waals surface area contributed by atoms with E-state index in [1.807, 2.05) is 30.3 Å². The Morgan fingerprint density at radius 3 is 2.09 bits per heavy atom. The lowest BCUT2D eigenvalue weighted by molar-refractivity contribution is 0.491. The van der Waals surface area contributed by atoms with E-state index in [-0.39, 0.29) is 5.04 Å². The van der Waals surface area contributed by atoms with E-state index in [0.29, 0.717) is 0 Å². The summed E-state index contributed by atoms with van der Waals surface area (Å²) in [6.45, 7) is 11.2. The fourth-order valence-electron chi connectivity index (χ4n) is 1.77. The van der Waals surface area contributed by atoms with E-state index in [0.717, 1.165) is 11.3 Å². The Hall–Kier alpha value is -1.80. The predicted octanol–water partition coefficient (Wildman–Crippen LogP) is 6.04. The molecule has 1 radical (unpaired) electrons. The van der Waals surface area contributed by atoms with Gasteiger partial charge in [-0.1, -0.05) is 69.3 Å². The minimum Gasteiger partial charge on any atom is -0.543 e. The van der Waals surface area contributed by atoms with Crippen LogP contribution in [0, 0.1) is 6.07 Å². The predicted molar refractivity (Wildman–Crippen MR) is 98.5 cm³/mol. The van der Waals surface area contributed by atoms with Gasteiger partial charge in [-0.2, -0.15) is 0 Å². The summed E-state index contributed by atoms with van der Waals surface area (Å²) >= 11 is 0. The third kappa shape index (κ3) is 4.34. The molecule has 115 valence electrons. The van der Waals surface area contributed by atoms with Gasteiger partial charge in [-0.25, -0.2) is 0 Å². The van der Waals surface area contributed by atoms with Crippen LogP contribution in [0.25, 0.3) is 12.2 Å². The second-order valence-electron chi connectivity index (χ2n) is 7.09. The van der Waals surface area contributed by atoms with Crippen molar-refractivity contribution in [3.05, 3.63) is 65.7 Å². The molecule has 0 aliphatic heterocycles. The lowest BCUT2D eigenvalue weighted by Gasteiger charge is -2.36. The maximum Gasteiger partial charge on any atom is 0.250 e. The first-order chi connectivity index (χ1) is 10.3. The summed E-state index contributed by atoms with van der Waals surface area (Å²) in [4.78, 5) is 0. The zero-order valence-corrected chi connectivity index (χ0v) is 15.2. The van der Waals surface area contributed by atoms with Crippen molar-refractivity contribution in [2.24, 2.45) is 0 Å². The average molecular weight is 310 g/mol. The van der Waals surface area contributed by atoms with Crippen LogP contribution < -0.4 is 4.43 Å². The van der Waals surface area contributed by atoms with Crippen LogP contribution in [0.5, 0.6) is 5.75 Å². The van der Waals surface area contributed by atoms with Crippen LogP contribution in [0.3, 0.4) is 0 Å². The molecule has 0 saturated heterocycles. The van der Waals surface area contributed by atoms with Crippen LogP contribution >= 0.6 is 0 Å². The molecule has 0 aliphatic rings. The van der Waals surface area contributed by atoms with Gasteiger partial charge >= 0.3 is 0 Å². The van der Waals surface area contributed by atoms with Crippen molar-refractivity contribution < 1.29 is 4.43 Å². The molecule has 0 unspecified atom stereocenters. The van der Waals surface area contributed by atoms with Crippen LogP contribution in [0.1, 0.15) is 31.9 Å². The van der Waals surface area contributed by atoms with Crippen molar-refractivity contribution >= 4 is 20.5 Å². The van der Waals surface area contributed by atoms with Gasteiger partial charge in [-0.15, -0.1) is 0 Å². The van der Waals surface area contributed by atoms with E-state index >= 15 is 0 Å². The number of hydrogen-bond donors (Lipinski definition) is 0. The second-order valence-corrected chi connectivity index (χ2v) is 11.8. The van der Waals surface area contributed by atoms with Gasteiger partial charge < -0.3 is 4.43 Å². The third-order valence-corrected chi connectivity index (χ3v) is 8.59. The van der Waals surface area contributed by atoms with Crippen molar-refractivity contribution in [2.75, 3.05) is 0 Å². The molecule has 0 aliphatic carbocycles. The Labute approximate surface area is 135 Å². The van der Waals surface area contributed by atoms with Crippen LogP contribution in [0.2, 0.25) is 18.1 Å². The standard InChI is InChI=1S/C20H25OSi/c1-20(2,3)22(4,5)21-19-15-13-18(14-16-19)12-11-17-9-7-6-8-10-17/h6-15H,1-5H3. The van der Waals surface area contributed by atoms with Gasteiger partial charge in [0, 0.05) is 6.07 Å². The van der Waals surface area contributed by atoms with Gasteiger partial charge in [-0.05, 0) is 41.4 Å². The topological polar surface area (TPSA) is 9.23 Å². The summed E-state index contributed by atoms with van der Waals surface area (Å²) in [5.41, 5.74) is 2.33. The molecular weight excluding hydrogens is 284 g/mol. The molecule has 0 aromatic heterocycles. The maximum atomic E-state index is 6.24. The van der Waals surface area contributed by atoms with E-state index in [2.05, 4.69) is 70.3 Å². The maximum absolute atomic E-state index is 6.24. The van der Waals surface area contributed by atoms with Gasteiger partial charge in [0.15, 0.2) is 0 Å². The first-order valence-corrected chi connectivity index (χ1v) is 10.6. The summed E-state index contributed by atoms with van der Waals surface area (Å²) < 4.78 is 6.24. The molecule has 2 rings (SSSR count). The van der Waals surface area contributed by atoms with Gasteiger partial charge in [0.1, 0.15) is 5.75 Å². The Morgan fingerprint density at radius 2 is 1.55 bits per heavy atom. The van der Waals surface area contributed by atoms with E-state index in [9.17, 15) is 0 Å². The number of hydrogen-bond acceptors (Lipinski definition) is 1. The first-order valence-electron chi connectivity index (χ1n) is 7.72. The summed E-state index contributed by atoms with van der Waals surface area (Å²) in [6.07, 6.45) is 4.21. The normalized spacial score (nSPS) is 12.6. The minimum atomic E-state index is -1.78. The molecule has 0 atom stereocenters. The molecule has 2 heteroatoms. The Balaban J connectivity index is 2.06. The van der Waals surface area contributed by atoms with Crippen LogP contribution in [-0.2, 0) is 0 Å². The number of rotatable bonds is 4. The van der Waals surface area contributed by atoms with Crippen molar-refractivity contribution in [3.8, 4) is 5.75 Å². The quantitative estimate of drug-likeness (QED) is 0.494. The molecule has 22 heavy (non-hydrogen) atoms. The zero-order chi connectivity index (χ0) is 16.2. The van der Waals surface area contributed by atoms with Crippen molar-refractivity contribution in [3.63, 3.8) is 0 Å². The van der Waals surface area contributed by atoms with E-state index in [4.69, 9.17) is 4.43 Å². The smallest absolute Gasteiger partial charge is 0.250 e. The molecule has 2 aromatic rings. The summed E-state index contributed by atoms with van der Waals surface area (Å²) in [5.74, 6) is 0.850. The van der Waals surface area contributed by atoms with E-state index in [1.54, 1.807) is 0 Å². The van der Waals surface area contributed by atoms with Crippen LogP contribution in [-0.4, -0.2) is 8.32 Å². The highest BCUT2D eigenvalue weighted by molar-refractivity contribution is 6.74. The molecule has 0 fully saturated rings. The van der Waals surface area contributed by atoms with Gasteiger partial charge in [0.05, 0.1) is 0 Å². The molecule has 0 N–H and O–H groups in total. The fraction of sp³-hybridized carbons (Fsp3) is 0.300. The summed E-state index contributed by atoms with van der Waals surface area (Å²) in [7, 11) is -1.78. The molecule has 1 nitrogen and oxygen atoms in total. The Morgan fingerprint density at radius 1 is 0.909 bits per heavy atom. The lowest BCUT2D eigenvalue weighted by atomic mass is 10.1. The average Bonchev–Trinajstić information content (AvgIpc) is 2.46. The Kier molecular flexibility index (Phi) is 4.92. The highest BCUT2D eigenvalue weighted by atomic mass is 28.4. The van der Waals surface area contributed by atoms with Gasteiger partial charge in [0.25, 0.3) is 8.32 Å². The van der Waals surface area contributed by atoms with Gasteiger partial charge in [0.2, 0.25) is 0 Å². The highest BCUT2D eigenvalue weighted by Gasteiger charge is 2.38. The molecule has 0 spiro atoms. The van der Waals surface area contributed by atoms with Crippen LogP contribution in [0.15, 0.2) is 48.5 Å². The molecule has 0 heterocycles. The van der Waals surface area contributed by atoms with Crippen LogP contribution in [0.4, 0.5) is 0 Å². The highest BCUT2D eigenvalue weighted by Crippen LogP contribution is 2.37. The van der Waals surface area contributed by atoms with E-state index < -0.39 is 8.32 Å². The Bertz CT molecular complexity index is 619.